The van der Waals surface area contributed by atoms with E-state index < -0.39 is 0 Å². The molecule has 0 saturated heterocycles. The first-order valence-corrected chi connectivity index (χ1v) is 4.11. The first-order chi connectivity index (χ1) is 5.75. The molecule has 0 aliphatic rings. The highest BCUT2D eigenvalue weighted by molar-refractivity contribution is 5.24. The fourth-order valence-electron chi connectivity index (χ4n) is 1.29. The molecule has 72 valence electrons. The standard InChI is InChI=1S/C11H14O.H2O/c1-3-11(9(2)12)10-7-5-4-6-8-10;/h3-9,11-12H,1H2,2H3;1H2. The first-order valence-electron chi connectivity index (χ1n) is 4.11. The monoisotopic (exact) mass is 180 g/mol. The molecule has 0 radical (unpaired) electrons. The van der Waals surface area contributed by atoms with Crippen molar-refractivity contribution in [2.24, 2.45) is 0 Å². The Labute approximate surface area is 78.8 Å². The van der Waals surface area contributed by atoms with Gasteiger partial charge in [0.25, 0.3) is 0 Å². The Bertz CT molecular complexity index is 242. The van der Waals surface area contributed by atoms with Crippen molar-refractivity contribution in [1.29, 1.82) is 0 Å². The van der Waals surface area contributed by atoms with Gasteiger partial charge in [-0.05, 0) is 12.5 Å². The second-order valence-corrected chi connectivity index (χ2v) is 2.91. The lowest BCUT2D eigenvalue weighted by Gasteiger charge is -2.15. The number of aliphatic hydroxyl groups excluding tert-OH is 1. The Morgan fingerprint density at radius 3 is 2.23 bits per heavy atom. The molecule has 13 heavy (non-hydrogen) atoms. The quantitative estimate of drug-likeness (QED) is 0.704. The topological polar surface area (TPSA) is 51.7 Å². The lowest BCUT2D eigenvalue weighted by molar-refractivity contribution is 0.179. The zero-order chi connectivity index (χ0) is 8.97. The minimum atomic E-state index is -0.370. The van der Waals surface area contributed by atoms with Gasteiger partial charge in [0.15, 0.2) is 0 Å². The predicted molar refractivity (Wildman–Crippen MR) is 54.7 cm³/mol. The SMILES string of the molecule is C=CC(c1ccccc1)C(C)O.O. The van der Waals surface area contributed by atoms with Crippen molar-refractivity contribution >= 4 is 0 Å². The van der Waals surface area contributed by atoms with Crippen LogP contribution in [0, 0.1) is 0 Å². The molecule has 3 N–H and O–H groups in total. The molecular weight excluding hydrogens is 164 g/mol. The molecule has 0 bridgehead atoms. The molecule has 0 heterocycles. The molecule has 0 saturated carbocycles. The van der Waals surface area contributed by atoms with Crippen LogP contribution in [-0.4, -0.2) is 16.7 Å². The van der Waals surface area contributed by atoms with E-state index >= 15 is 0 Å². The second kappa shape index (κ2) is 5.51. The summed E-state index contributed by atoms with van der Waals surface area (Å²) in [6.07, 6.45) is 1.41. The van der Waals surface area contributed by atoms with E-state index in [1.165, 1.54) is 0 Å². The number of hydrogen-bond acceptors (Lipinski definition) is 1. The summed E-state index contributed by atoms with van der Waals surface area (Å²) in [5.41, 5.74) is 1.11. The zero-order valence-electron chi connectivity index (χ0n) is 7.77. The molecule has 0 aromatic heterocycles. The average molecular weight is 180 g/mol. The summed E-state index contributed by atoms with van der Waals surface area (Å²) in [7, 11) is 0. The van der Waals surface area contributed by atoms with Crippen LogP contribution in [0.15, 0.2) is 43.0 Å². The van der Waals surface area contributed by atoms with Gasteiger partial charge in [0.05, 0.1) is 6.10 Å². The van der Waals surface area contributed by atoms with Gasteiger partial charge in [-0.25, -0.2) is 0 Å². The summed E-state index contributed by atoms with van der Waals surface area (Å²) in [6.45, 7) is 5.48. The van der Waals surface area contributed by atoms with Crippen molar-refractivity contribution in [3.05, 3.63) is 48.6 Å². The third-order valence-corrected chi connectivity index (χ3v) is 1.96. The molecule has 1 aromatic rings. The third-order valence-electron chi connectivity index (χ3n) is 1.96. The summed E-state index contributed by atoms with van der Waals surface area (Å²) in [4.78, 5) is 0. The Kier molecular flexibility index (Phi) is 5.04. The minimum Gasteiger partial charge on any atom is -0.412 e. The van der Waals surface area contributed by atoms with Crippen molar-refractivity contribution in [2.45, 2.75) is 18.9 Å². The third kappa shape index (κ3) is 3.01. The smallest absolute Gasteiger partial charge is 0.0615 e. The van der Waals surface area contributed by atoms with Crippen LogP contribution >= 0.6 is 0 Å². The van der Waals surface area contributed by atoms with Gasteiger partial charge in [-0.15, -0.1) is 6.58 Å². The number of aliphatic hydroxyl groups is 1. The van der Waals surface area contributed by atoms with E-state index in [4.69, 9.17) is 0 Å². The van der Waals surface area contributed by atoms with Crippen molar-refractivity contribution in [3.8, 4) is 0 Å². The highest BCUT2D eigenvalue weighted by Crippen LogP contribution is 2.19. The molecular formula is C11H16O2. The Balaban J connectivity index is 0.00000144. The number of benzene rings is 1. The van der Waals surface area contributed by atoms with Crippen LogP contribution in [0.4, 0.5) is 0 Å². The van der Waals surface area contributed by atoms with E-state index in [-0.39, 0.29) is 17.5 Å². The van der Waals surface area contributed by atoms with Crippen LogP contribution < -0.4 is 0 Å². The highest BCUT2D eigenvalue weighted by Gasteiger charge is 2.11. The Morgan fingerprint density at radius 2 is 1.85 bits per heavy atom. The van der Waals surface area contributed by atoms with Crippen molar-refractivity contribution in [1.82, 2.24) is 0 Å². The zero-order valence-corrected chi connectivity index (χ0v) is 7.77. The fraction of sp³-hybridized carbons (Fsp3) is 0.273. The van der Waals surface area contributed by atoms with Gasteiger partial charge in [0, 0.05) is 5.92 Å². The van der Waals surface area contributed by atoms with Gasteiger partial charge >= 0.3 is 0 Å². The fourth-order valence-corrected chi connectivity index (χ4v) is 1.29. The summed E-state index contributed by atoms with van der Waals surface area (Å²) >= 11 is 0. The van der Waals surface area contributed by atoms with E-state index in [1.807, 2.05) is 30.3 Å². The van der Waals surface area contributed by atoms with Gasteiger partial charge in [0.1, 0.15) is 0 Å². The molecule has 2 atom stereocenters. The van der Waals surface area contributed by atoms with Gasteiger partial charge in [-0.3, -0.25) is 0 Å². The minimum absolute atomic E-state index is 0. The van der Waals surface area contributed by atoms with Crippen LogP contribution in [0.2, 0.25) is 0 Å². The molecule has 0 aliphatic carbocycles. The van der Waals surface area contributed by atoms with Gasteiger partial charge in [-0.1, -0.05) is 36.4 Å². The van der Waals surface area contributed by atoms with Crippen molar-refractivity contribution < 1.29 is 10.6 Å². The molecule has 1 rings (SSSR count). The van der Waals surface area contributed by atoms with Gasteiger partial charge < -0.3 is 10.6 Å². The second-order valence-electron chi connectivity index (χ2n) is 2.91. The molecule has 0 fully saturated rings. The van der Waals surface area contributed by atoms with Crippen molar-refractivity contribution in [3.63, 3.8) is 0 Å². The Morgan fingerprint density at radius 1 is 1.31 bits per heavy atom. The van der Waals surface area contributed by atoms with E-state index in [2.05, 4.69) is 6.58 Å². The van der Waals surface area contributed by atoms with Crippen LogP contribution in [-0.2, 0) is 0 Å². The molecule has 0 spiro atoms. The van der Waals surface area contributed by atoms with Crippen LogP contribution in [0.1, 0.15) is 18.4 Å². The molecule has 0 aliphatic heterocycles. The maximum absolute atomic E-state index is 9.39. The summed E-state index contributed by atoms with van der Waals surface area (Å²) in [6, 6.07) is 9.90. The lowest BCUT2D eigenvalue weighted by Crippen LogP contribution is -2.11. The Hall–Kier alpha value is -1.12. The molecule has 1 aromatic carbocycles. The average Bonchev–Trinajstić information content (AvgIpc) is 2.07. The maximum atomic E-state index is 9.39. The molecule has 0 amide bonds. The van der Waals surface area contributed by atoms with Crippen LogP contribution in [0.25, 0.3) is 0 Å². The van der Waals surface area contributed by atoms with Gasteiger partial charge in [-0.2, -0.15) is 0 Å². The molecule has 2 nitrogen and oxygen atoms in total. The van der Waals surface area contributed by atoms with E-state index in [0.29, 0.717) is 0 Å². The predicted octanol–water partition coefficient (Wildman–Crippen LogP) is 1.51. The molecule has 2 heteroatoms. The number of hydrogen-bond donors (Lipinski definition) is 1. The first kappa shape index (κ1) is 11.9. The molecule has 2 unspecified atom stereocenters. The number of rotatable bonds is 3. The van der Waals surface area contributed by atoms with Crippen LogP contribution in [0.5, 0.6) is 0 Å². The van der Waals surface area contributed by atoms with Gasteiger partial charge in [0.2, 0.25) is 0 Å². The summed E-state index contributed by atoms with van der Waals surface area (Å²) < 4.78 is 0. The van der Waals surface area contributed by atoms with E-state index in [9.17, 15) is 5.11 Å². The normalized spacial score (nSPS) is 14.0. The highest BCUT2D eigenvalue weighted by atomic mass is 16.3. The maximum Gasteiger partial charge on any atom is 0.0615 e. The van der Waals surface area contributed by atoms with Crippen LogP contribution in [0.3, 0.4) is 0 Å². The lowest BCUT2D eigenvalue weighted by atomic mass is 9.95. The summed E-state index contributed by atoms with van der Waals surface area (Å²) in [5, 5.41) is 9.39. The van der Waals surface area contributed by atoms with E-state index in [1.54, 1.807) is 13.0 Å². The summed E-state index contributed by atoms with van der Waals surface area (Å²) in [5.74, 6) is 0.0474. The van der Waals surface area contributed by atoms with Crippen molar-refractivity contribution in [2.75, 3.05) is 0 Å². The largest absolute Gasteiger partial charge is 0.412 e. The van der Waals surface area contributed by atoms with E-state index in [0.717, 1.165) is 5.56 Å².